The Bertz CT molecular complexity index is 920. The van der Waals surface area contributed by atoms with Crippen LogP contribution in [-0.2, 0) is 21.8 Å². The van der Waals surface area contributed by atoms with Crippen LogP contribution >= 0.6 is 35.0 Å². The molecular weight excluding hydrogens is 475 g/mol. The fourth-order valence-electron chi connectivity index (χ4n) is 4.11. The number of hydrogen-bond acceptors (Lipinski definition) is 3. The summed E-state index contributed by atoms with van der Waals surface area (Å²) in [5.74, 6) is 0.799. The van der Waals surface area contributed by atoms with Crippen molar-refractivity contribution in [1.29, 1.82) is 0 Å². The standard InChI is InChI=1S/C26H32Cl2N2O2S/c1-19(26(32)29-23-10-6-3-7-11-23)30(15-14-20-8-4-2-5-9-20)25(31)18-33-17-21-12-13-22(27)16-24(21)28/h2,4-5,8-9,12-13,16,19,23H,3,6-7,10-11,14-15,17-18H2,1H3,(H,29,32)/t19-/m0/s1. The van der Waals surface area contributed by atoms with Gasteiger partial charge < -0.3 is 10.2 Å². The van der Waals surface area contributed by atoms with E-state index in [4.69, 9.17) is 23.2 Å². The van der Waals surface area contributed by atoms with Gasteiger partial charge in [0.2, 0.25) is 11.8 Å². The van der Waals surface area contributed by atoms with Crippen LogP contribution in [0.15, 0.2) is 48.5 Å². The second-order valence-electron chi connectivity index (χ2n) is 8.57. The predicted octanol–water partition coefficient (Wildman–Crippen LogP) is 6.14. The van der Waals surface area contributed by atoms with Crippen LogP contribution in [0.2, 0.25) is 10.0 Å². The molecule has 178 valence electrons. The van der Waals surface area contributed by atoms with Crippen LogP contribution in [-0.4, -0.2) is 41.1 Å². The van der Waals surface area contributed by atoms with E-state index in [9.17, 15) is 9.59 Å². The molecule has 4 nitrogen and oxygen atoms in total. The van der Waals surface area contributed by atoms with Gasteiger partial charge in [0.1, 0.15) is 6.04 Å². The topological polar surface area (TPSA) is 49.4 Å². The number of thioether (sulfide) groups is 1. The Morgan fingerprint density at radius 3 is 2.52 bits per heavy atom. The molecular formula is C26H32Cl2N2O2S. The van der Waals surface area contributed by atoms with Gasteiger partial charge in [-0.3, -0.25) is 9.59 Å². The van der Waals surface area contributed by atoms with E-state index in [1.807, 2.05) is 43.3 Å². The summed E-state index contributed by atoms with van der Waals surface area (Å²) in [6, 6.07) is 15.2. The van der Waals surface area contributed by atoms with Gasteiger partial charge in [0.05, 0.1) is 5.75 Å². The second-order valence-corrected chi connectivity index (χ2v) is 10.4. The molecule has 2 amide bonds. The van der Waals surface area contributed by atoms with Crippen molar-refractivity contribution in [2.75, 3.05) is 12.3 Å². The fourth-order valence-corrected chi connectivity index (χ4v) is 5.58. The maximum Gasteiger partial charge on any atom is 0.242 e. The zero-order valence-electron chi connectivity index (χ0n) is 19.1. The third kappa shape index (κ3) is 8.24. The summed E-state index contributed by atoms with van der Waals surface area (Å²) in [4.78, 5) is 27.9. The molecule has 3 rings (SSSR count). The molecule has 0 saturated heterocycles. The maximum absolute atomic E-state index is 13.2. The molecule has 1 aliphatic rings. The zero-order valence-corrected chi connectivity index (χ0v) is 21.4. The molecule has 0 aromatic heterocycles. The van der Waals surface area contributed by atoms with Crippen LogP contribution in [0, 0.1) is 0 Å². The van der Waals surface area contributed by atoms with Gasteiger partial charge in [-0.05, 0) is 49.4 Å². The van der Waals surface area contributed by atoms with E-state index in [1.54, 1.807) is 17.0 Å². The molecule has 1 saturated carbocycles. The van der Waals surface area contributed by atoms with Gasteiger partial charge in [0, 0.05) is 28.4 Å². The molecule has 0 aliphatic heterocycles. The molecule has 2 aromatic rings. The van der Waals surface area contributed by atoms with Crippen LogP contribution in [0.5, 0.6) is 0 Å². The summed E-state index contributed by atoms with van der Waals surface area (Å²) in [5, 5.41) is 4.37. The molecule has 1 aliphatic carbocycles. The Hall–Kier alpha value is -1.69. The third-order valence-corrected chi connectivity index (χ3v) is 7.65. The number of carbonyl (C=O) groups excluding carboxylic acids is 2. The minimum absolute atomic E-state index is 0.0349. The van der Waals surface area contributed by atoms with E-state index >= 15 is 0 Å². The maximum atomic E-state index is 13.2. The lowest BCUT2D eigenvalue weighted by atomic mass is 9.95. The van der Waals surface area contributed by atoms with Crippen LogP contribution in [0.3, 0.4) is 0 Å². The molecule has 1 atom stereocenters. The van der Waals surface area contributed by atoms with Crippen molar-refractivity contribution in [3.05, 3.63) is 69.7 Å². The average molecular weight is 508 g/mol. The minimum atomic E-state index is -0.511. The first-order valence-corrected chi connectivity index (χ1v) is 13.5. The lowest BCUT2D eigenvalue weighted by molar-refractivity contribution is -0.138. The number of nitrogens with zero attached hydrogens (tertiary/aromatic N) is 1. The molecule has 0 spiro atoms. The highest BCUT2D eigenvalue weighted by molar-refractivity contribution is 7.99. The van der Waals surface area contributed by atoms with Gasteiger partial charge in [-0.1, -0.05) is 78.9 Å². The predicted molar refractivity (Wildman–Crippen MR) is 139 cm³/mol. The summed E-state index contributed by atoms with van der Waals surface area (Å²) in [5.41, 5.74) is 2.09. The zero-order chi connectivity index (χ0) is 23.6. The number of amides is 2. The summed E-state index contributed by atoms with van der Waals surface area (Å²) < 4.78 is 0. The van der Waals surface area contributed by atoms with Crippen molar-refractivity contribution in [3.63, 3.8) is 0 Å². The normalized spacial score (nSPS) is 15.1. The average Bonchev–Trinajstić information content (AvgIpc) is 2.82. The SMILES string of the molecule is C[C@@H](C(=O)NC1CCCCC1)N(CCc1ccccc1)C(=O)CSCc1ccc(Cl)cc1Cl. The van der Waals surface area contributed by atoms with E-state index in [0.29, 0.717) is 28.8 Å². The van der Waals surface area contributed by atoms with E-state index in [2.05, 4.69) is 5.32 Å². The first-order chi connectivity index (χ1) is 15.9. The lowest BCUT2D eigenvalue weighted by Crippen LogP contribution is -2.51. The second kappa shape index (κ2) is 13.3. The fraction of sp³-hybridized carbons (Fsp3) is 0.462. The molecule has 0 bridgehead atoms. The van der Waals surface area contributed by atoms with E-state index in [1.165, 1.54) is 18.2 Å². The minimum Gasteiger partial charge on any atom is -0.352 e. The summed E-state index contributed by atoms with van der Waals surface area (Å²) in [7, 11) is 0. The van der Waals surface area contributed by atoms with Crippen LogP contribution in [0.1, 0.15) is 50.2 Å². The smallest absolute Gasteiger partial charge is 0.242 e. The van der Waals surface area contributed by atoms with E-state index < -0.39 is 6.04 Å². The van der Waals surface area contributed by atoms with Gasteiger partial charge in [0.15, 0.2) is 0 Å². The van der Waals surface area contributed by atoms with Gasteiger partial charge in [-0.2, -0.15) is 0 Å². The number of rotatable bonds is 10. The van der Waals surface area contributed by atoms with Crippen molar-refractivity contribution >= 4 is 46.8 Å². The van der Waals surface area contributed by atoms with Gasteiger partial charge in [0.25, 0.3) is 0 Å². The van der Waals surface area contributed by atoms with Crippen LogP contribution in [0.4, 0.5) is 0 Å². The number of hydrogen-bond donors (Lipinski definition) is 1. The Morgan fingerprint density at radius 2 is 1.82 bits per heavy atom. The molecule has 0 unspecified atom stereocenters. The number of halogens is 2. The monoisotopic (exact) mass is 506 g/mol. The summed E-state index contributed by atoms with van der Waals surface area (Å²) >= 11 is 13.7. The molecule has 1 N–H and O–H groups in total. The van der Waals surface area contributed by atoms with Gasteiger partial charge in [-0.15, -0.1) is 11.8 Å². The Balaban J connectivity index is 1.61. The van der Waals surface area contributed by atoms with Crippen LogP contribution in [0.25, 0.3) is 0 Å². The molecule has 0 radical (unpaired) electrons. The Labute approximate surface area is 211 Å². The highest BCUT2D eigenvalue weighted by atomic mass is 35.5. The molecule has 2 aromatic carbocycles. The van der Waals surface area contributed by atoms with Crippen LogP contribution < -0.4 is 5.32 Å². The van der Waals surface area contributed by atoms with Crippen molar-refractivity contribution in [3.8, 4) is 0 Å². The first-order valence-electron chi connectivity index (χ1n) is 11.6. The molecule has 1 fully saturated rings. The molecule has 7 heteroatoms. The Kier molecular flexibility index (Phi) is 10.4. The largest absolute Gasteiger partial charge is 0.352 e. The Morgan fingerprint density at radius 1 is 1.09 bits per heavy atom. The highest BCUT2D eigenvalue weighted by Gasteiger charge is 2.27. The van der Waals surface area contributed by atoms with Crippen molar-refractivity contribution in [1.82, 2.24) is 10.2 Å². The van der Waals surface area contributed by atoms with Gasteiger partial charge >= 0.3 is 0 Å². The van der Waals surface area contributed by atoms with E-state index in [0.717, 1.165) is 36.8 Å². The number of carbonyl (C=O) groups is 2. The lowest BCUT2D eigenvalue weighted by Gasteiger charge is -2.31. The highest BCUT2D eigenvalue weighted by Crippen LogP contribution is 2.25. The van der Waals surface area contributed by atoms with Crippen molar-refractivity contribution < 1.29 is 9.59 Å². The quantitative estimate of drug-likeness (QED) is 0.421. The van der Waals surface area contributed by atoms with E-state index in [-0.39, 0.29) is 23.6 Å². The summed E-state index contributed by atoms with van der Waals surface area (Å²) in [6.45, 7) is 2.34. The molecule has 33 heavy (non-hydrogen) atoms. The van der Waals surface area contributed by atoms with Gasteiger partial charge in [-0.25, -0.2) is 0 Å². The van der Waals surface area contributed by atoms with Crippen molar-refractivity contribution in [2.24, 2.45) is 0 Å². The third-order valence-electron chi connectivity index (χ3n) is 6.10. The number of benzene rings is 2. The number of nitrogens with one attached hydrogen (secondary N) is 1. The first kappa shape index (κ1) is 25.9. The molecule has 0 heterocycles. The van der Waals surface area contributed by atoms with Crippen molar-refractivity contribution in [2.45, 2.75) is 63.3 Å². The summed E-state index contributed by atoms with van der Waals surface area (Å²) in [6.07, 6.45) is 6.29.